The molecule has 2 aromatic carbocycles. The van der Waals surface area contributed by atoms with Gasteiger partial charge in [0, 0.05) is 54.5 Å². The Bertz CT molecular complexity index is 1300. The fourth-order valence-corrected chi connectivity index (χ4v) is 5.51. The summed E-state index contributed by atoms with van der Waals surface area (Å²) in [5.74, 6) is -0.0704. The minimum atomic E-state index is -3.76. The van der Waals surface area contributed by atoms with Crippen LogP contribution >= 0.6 is 0 Å². The summed E-state index contributed by atoms with van der Waals surface area (Å²) in [6.45, 7) is 4.96. The second-order valence-corrected chi connectivity index (χ2v) is 9.58. The fraction of sp³-hybridized carbons (Fsp3) is 0.273. The van der Waals surface area contributed by atoms with Crippen LogP contribution in [0.4, 0.5) is 5.69 Å². The summed E-state index contributed by atoms with van der Waals surface area (Å²) < 4.78 is 28.6. The molecule has 2 aliphatic heterocycles. The van der Waals surface area contributed by atoms with Crippen molar-refractivity contribution in [3.8, 4) is 11.1 Å². The summed E-state index contributed by atoms with van der Waals surface area (Å²) in [7, 11) is -1.72. The van der Waals surface area contributed by atoms with E-state index in [0.29, 0.717) is 35.4 Å². The summed E-state index contributed by atoms with van der Waals surface area (Å²) in [6, 6.07) is 10.6. The molecular formula is C22H22N4O3S. The number of nitrogens with one attached hydrogen (secondary N) is 1. The molecule has 0 aliphatic carbocycles. The lowest BCUT2D eigenvalue weighted by Crippen LogP contribution is -2.47. The molecular weight excluding hydrogens is 400 g/mol. The predicted molar refractivity (Wildman–Crippen MR) is 116 cm³/mol. The maximum Gasteiger partial charge on any atom is 0.262 e. The van der Waals surface area contributed by atoms with Crippen molar-refractivity contribution >= 4 is 32.5 Å². The summed E-state index contributed by atoms with van der Waals surface area (Å²) in [5.41, 5.74) is 3.86. The first-order chi connectivity index (χ1) is 14.3. The van der Waals surface area contributed by atoms with Crippen LogP contribution in [-0.4, -0.2) is 62.3 Å². The molecule has 2 aliphatic rings. The molecule has 1 fully saturated rings. The molecule has 1 amide bonds. The quantitative estimate of drug-likeness (QED) is 0.652. The Morgan fingerprint density at radius 3 is 2.60 bits per heavy atom. The molecule has 0 saturated carbocycles. The highest BCUT2D eigenvalue weighted by Gasteiger charge is 2.31. The van der Waals surface area contributed by atoms with E-state index in [0.717, 1.165) is 29.6 Å². The number of amides is 1. The van der Waals surface area contributed by atoms with Crippen molar-refractivity contribution in [2.75, 3.05) is 37.9 Å². The Labute approximate surface area is 175 Å². The van der Waals surface area contributed by atoms with Gasteiger partial charge in [-0.25, -0.2) is 8.42 Å². The highest BCUT2D eigenvalue weighted by molar-refractivity contribution is 7.93. The third-order valence-electron chi connectivity index (χ3n) is 5.93. The van der Waals surface area contributed by atoms with Crippen LogP contribution in [0.25, 0.3) is 22.0 Å². The Kier molecular flexibility index (Phi) is 4.30. The van der Waals surface area contributed by atoms with Gasteiger partial charge in [-0.2, -0.15) is 0 Å². The maximum atomic E-state index is 13.1. The lowest BCUT2D eigenvalue weighted by molar-refractivity contribution is 0.0664. The summed E-state index contributed by atoms with van der Waals surface area (Å²) >= 11 is 0. The molecule has 1 N–H and O–H groups in total. The number of pyridine rings is 1. The second-order valence-electron chi connectivity index (χ2n) is 7.93. The first-order valence-corrected chi connectivity index (χ1v) is 11.4. The molecule has 5 rings (SSSR count). The lowest BCUT2D eigenvalue weighted by atomic mass is 9.96. The molecule has 0 spiro atoms. The number of carbonyl (C=O) groups is 1. The lowest BCUT2D eigenvalue weighted by Gasteiger charge is -2.32. The van der Waals surface area contributed by atoms with Crippen molar-refractivity contribution in [1.29, 1.82) is 0 Å². The average Bonchev–Trinajstić information content (AvgIpc) is 2.75. The first-order valence-electron chi connectivity index (χ1n) is 9.88. The smallest absolute Gasteiger partial charge is 0.262 e. The van der Waals surface area contributed by atoms with E-state index in [1.165, 1.54) is 6.07 Å². The number of fused-ring (bicyclic) bond motifs is 5. The van der Waals surface area contributed by atoms with Crippen LogP contribution in [0.1, 0.15) is 15.9 Å². The molecule has 8 heteroatoms. The van der Waals surface area contributed by atoms with Gasteiger partial charge < -0.3 is 9.80 Å². The minimum Gasteiger partial charge on any atom is -0.336 e. The first kappa shape index (κ1) is 19.0. The van der Waals surface area contributed by atoms with Crippen LogP contribution < -0.4 is 4.72 Å². The average molecular weight is 423 g/mol. The van der Waals surface area contributed by atoms with E-state index in [9.17, 15) is 13.2 Å². The number of piperazine rings is 1. The van der Waals surface area contributed by atoms with E-state index in [4.69, 9.17) is 0 Å². The maximum absolute atomic E-state index is 13.1. The van der Waals surface area contributed by atoms with E-state index in [-0.39, 0.29) is 10.8 Å². The van der Waals surface area contributed by atoms with Gasteiger partial charge in [0.2, 0.25) is 0 Å². The van der Waals surface area contributed by atoms with Crippen LogP contribution in [0, 0.1) is 6.92 Å². The van der Waals surface area contributed by atoms with Gasteiger partial charge in [-0.15, -0.1) is 0 Å². The zero-order chi connectivity index (χ0) is 21.0. The van der Waals surface area contributed by atoms with E-state index in [2.05, 4.69) is 14.6 Å². The third kappa shape index (κ3) is 2.95. The number of likely N-dealkylation sites (N-methyl/N-ethyl adjacent to an activating group) is 1. The molecule has 3 aromatic rings. The zero-order valence-electron chi connectivity index (χ0n) is 16.8. The number of sulfonamides is 1. The number of aryl methyl sites for hydroxylation is 1. The predicted octanol–water partition coefficient (Wildman–Crippen LogP) is 2.71. The van der Waals surface area contributed by atoms with Gasteiger partial charge in [0.1, 0.15) is 0 Å². The molecule has 1 aromatic heterocycles. The summed E-state index contributed by atoms with van der Waals surface area (Å²) in [6.07, 6.45) is 1.65. The van der Waals surface area contributed by atoms with Crippen LogP contribution in [0.15, 0.2) is 47.5 Å². The number of anilines is 1. The second kappa shape index (κ2) is 6.78. The highest BCUT2D eigenvalue weighted by Crippen LogP contribution is 2.43. The number of aromatic nitrogens is 1. The van der Waals surface area contributed by atoms with Gasteiger partial charge in [0.25, 0.3) is 15.9 Å². The highest BCUT2D eigenvalue weighted by atomic mass is 32.2. The van der Waals surface area contributed by atoms with E-state index in [1.54, 1.807) is 18.3 Å². The zero-order valence-corrected chi connectivity index (χ0v) is 17.7. The van der Waals surface area contributed by atoms with Crippen molar-refractivity contribution in [3.63, 3.8) is 0 Å². The number of hydrogen-bond donors (Lipinski definition) is 1. The third-order valence-corrected chi connectivity index (χ3v) is 7.34. The molecule has 154 valence electrons. The molecule has 1 saturated heterocycles. The van der Waals surface area contributed by atoms with Gasteiger partial charge >= 0.3 is 0 Å². The van der Waals surface area contributed by atoms with Crippen molar-refractivity contribution < 1.29 is 13.2 Å². The number of rotatable bonds is 1. The molecule has 0 bridgehead atoms. The van der Waals surface area contributed by atoms with Gasteiger partial charge in [0.15, 0.2) is 0 Å². The van der Waals surface area contributed by atoms with Crippen LogP contribution in [0.3, 0.4) is 0 Å². The van der Waals surface area contributed by atoms with Crippen molar-refractivity contribution in [1.82, 2.24) is 14.8 Å². The molecule has 0 atom stereocenters. The van der Waals surface area contributed by atoms with Crippen molar-refractivity contribution in [2.45, 2.75) is 11.8 Å². The Balaban J connectivity index is 1.67. The number of nitrogens with zero attached hydrogens (tertiary/aromatic N) is 3. The fourth-order valence-electron chi connectivity index (χ4n) is 4.22. The van der Waals surface area contributed by atoms with Gasteiger partial charge in [0.05, 0.1) is 16.1 Å². The van der Waals surface area contributed by atoms with Gasteiger partial charge in [-0.3, -0.25) is 14.5 Å². The standard InChI is InChI=1S/C22H22N4O3S/c1-14-12-18-17-13-15(22(27)26-10-8-25(2)9-11-26)5-6-19(17)30(28,29)24-21(18)20-16(14)4-3-7-23-20/h3-7,12-13,24H,8-11H2,1-2H3. The van der Waals surface area contributed by atoms with E-state index < -0.39 is 10.0 Å². The topological polar surface area (TPSA) is 82.6 Å². The van der Waals surface area contributed by atoms with Crippen LogP contribution in [0.5, 0.6) is 0 Å². The number of carbonyl (C=O) groups excluding carboxylic acids is 1. The van der Waals surface area contributed by atoms with E-state index >= 15 is 0 Å². The molecule has 3 heterocycles. The van der Waals surface area contributed by atoms with Crippen molar-refractivity contribution in [3.05, 3.63) is 53.7 Å². The molecule has 30 heavy (non-hydrogen) atoms. The Morgan fingerprint density at radius 2 is 1.83 bits per heavy atom. The van der Waals surface area contributed by atoms with Crippen LogP contribution in [-0.2, 0) is 10.0 Å². The van der Waals surface area contributed by atoms with Gasteiger partial charge in [-0.05, 0) is 49.9 Å². The molecule has 0 unspecified atom stereocenters. The SMILES string of the molecule is Cc1cc2c(c3ncccc13)NS(=O)(=O)c1ccc(C(=O)N3CCN(C)CC3)cc1-2. The Hall–Kier alpha value is -2.97. The summed E-state index contributed by atoms with van der Waals surface area (Å²) in [5, 5.41) is 0.895. The van der Waals surface area contributed by atoms with Crippen LogP contribution in [0.2, 0.25) is 0 Å². The largest absolute Gasteiger partial charge is 0.336 e. The number of benzene rings is 2. The minimum absolute atomic E-state index is 0.0704. The summed E-state index contributed by atoms with van der Waals surface area (Å²) in [4.78, 5) is 21.7. The van der Waals surface area contributed by atoms with Gasteiger partial charge in [-0.1, -0.05) is 6.07 Å². The van der Waals surface area contributed by atoms with E-state index in [1.807, 2.05) is 37.1 Å². The Morgan fingerprint density at radius 1 is 1.07 bits per heavy atom. The molecule has 0 radical (unpaired) electrons. The monoisotopic (exact) mass is 422 g/mol. The normalized spacial score (nSPS) is 17.9. The molecule has 7 nitrogen and oxygen atoms in total. The number of hydrogen-bond acceptors (Lipinski definition) is 5. The van der Waals surface area contributed by atoms with Crippen molar-refractivity contribution in [2.24, 2.45) is 0 Å².